The minimum atomic E-state index is -0.315. The molecule has 0 radical (unpaired) electrons. The fraction of sp³-hybridized carbons (Fsp3) is 0.826. The predicted molar refractivity (Wildman–Crippen MR) is 121 cm³/mol. The summed E-state index contributed by atoms with van der Waals surface area (Å²) in [5, 5.41) is 8.52. The summed E-state index contributed by atoms with van der Waals surface area (Å²) in [5.74, 6) is -0.0804. The molecule has 4 amide bonds. The van der Waals surface area contributed by atoms with Crippen molar-refractivity contribution in [3.8, 4) is 0 Å². The normalized spacial score (nSPS) is 18.0. The molecule has 1 heterocycles. The van der Waals surface area contributed by atoms with Crippen molar-refractivity contribution in [1.82, 2.24) is 20.9 Å². The molecule has 0 saturated carbocycles. The summed E-state index contributed by atoms with van der Waals surface area (Å²) in [7, 11) is 0. The molecule has 0 aromatic heterocycles. The zero-order valence-corrected chi connectivity index (χ0v) is 19.9. The van der Waals surface area contributed by atoms with Gasteiger partial charge in [-0.25, -0.2) is 0 Å². The number of rotatable bonds is 14. The fourth-order valence-corrected chi connectivity index (χ4v) is 4.31. The average molecular weight is 439 g/mol. The quantitative estimate of drug-likeness (QED) is 0.360. The van der Waals surface area contributed by atoms with E-state index in [1.54, 1.807) is 4.90 Å². The Morgan fingerprint density at radius 3 is 2.29 bits per heavy atom. The molecule has 8 nitrogen and oxygen atoms in total. The summed E-state index contributed by atoms with van der Waals surface area (Å²) < 4.78 is 0. The second-order valence-corrected chi connectivity index (χ2v) is 9.39. The van der Waals surface area contributed by atoms with Crippen LogP contribution in [0.25, 0.3) is 0 Å². The maximum absolute atomic E-state index is 12.9. The standard InChI is InChI=1S/C23H42N4O4/c1-6-24-21(29)10-9-18(12-16(2)3)26-22(30)14-25-23(31)19(13-17(4)5)20-8-7-11-27(20)15-28/h15-20H,6-14H2,1-5H3,(H,24,29)(H,25,31)(H,26,30)/t18?,19?,20-/m1/s1. The molecule has 178 valence electrons. The van der Waals surface area contributed by atoms with E-state index in [0.717, 1.165) is 25.7 Å². The third-order valence-electron chi connectivity index (χ3n) is 5.64. The second kappa shape index (κ2) is 14.0. The molecule has 2 unspecified atom stereocenters. The first-order chi connectivity index (χ1) is 14.7. The number of amides is 4. The lowest BCUT2D eigenvalue weighted by Gasteiger charge is -2.29. The third-order valence-corrected chi connectivity index (χ3v) is 5.64. The smallest absolute Gasteiger partial charge is 0.239 e. The van der Waals surface area contributed by atoms with E-state index in [2.05, 4.69) is 43.6 Å². The molecule has 3 N–H and O–H groups in total. The molecule has 0 bridgehead atoms. The van der Waals surface area contributed by atoms with Gasteiger partial charge < -0.3 is 20.9 Å². The van der Waals surface area contributed by atoms with Gasteiger partial charge in [0.05, 0.1) is 12.5 Å². The van der Waals surface area contributed by atoms with Crippen LogP contribution in [0.4, 0.5) is 0 Å². The maximum atomic E-state index is 12.9. The van der Waals surface area contributed by atoms with Crippen LogP contribution >= 0.6 is 0 Å². The molecule has 0 aromatic carbocycles. The Labute approximate surface area is 187 Å². The molecule has 1 rings (SSSR count). The second-order valence-electron chi connectivity index (χ2n) is 9.39. The van der Waals surface area contributed by atoms with Crippen LogP contribution in [-0.4, -0.2) is 60.7 Å². The molecule has 0 aliphatic carbocycles. The van der Waals surface area contributed by atoms with Gasteiger partial charge in [0.1, 0.15) is 0 Å². The SMILES string of the molecule is CCNC(=O)CCC(CC(C)C)NC(=O)CNC(=O)C(CC(C)C)[C@H]1CCCN1C=O. The van der Waals surface area contributed by atoms with E-state index in [1.165, 1.54) is 0 Å². The van der Waals surface area contributed by atoms with Crippen LogP contribution in [0.5, 0.6) is 0 Å². The van der Waals surface area contributed by atoms with E-state index < -0.39 is 0 Å². The lowest BCUT2D eigenvalue weighted by molar-refractivity contribution is -0.132. The predicted octanol–water partition coefficient (Wildman–Crippen LogP) is 1.83. The van der Waals surface area contributed by atoms with Gasteiger partial charge in [-0.1, -0.05) is 27.7 Å². The fourth-order valence-electron chi connectivity index (χ4n) is 4.31. The van der Waals surface area contributed by atoms with Crippen LogP contribution in [0.2, 0.25) is 0 Å². The van der Waals surface area contributed by atoms with Crippen LogP contribution in [0.3, 0.4) is 0 Å². The van der Waals surface area contributed by atoms with Gasteiger partial charge in [0.25, 0.3) is 0 Å². The summed E-state index contributed by atoms with van der Waals surface area (Å²) in [6.45, 7) is 11.3. The number of carbonyl (C=O) groups excluding carboxylic acids is 4. The minimum absolute atomic E-state index is 0.0216. The van der Waals surface area contributed by atoms with Gasteiger partial charge >= 0.3 is 0 Å². The largest absolute Gasteiger partial charge is 0.356 e. The molecule has 8 heteroatoms. The van der Waals surface area contributed by atoms with Crippen molar-refractivity contribution >= 4 is 24.1 Å². The Bertz CT molecular complexity index is 594. The highest BCUT2D eigenvalue weighted by molar-refractivity contribution is 5.86. The molecule has 1 aliphatic rings. The van der Waals surface area contributed by atoms with Crippen molar-refractivity contribution in [3.05, 3.63) is 0 Å². The van der Waals surface area contributed by atoms with E-state index in [0.29, 0.717) is 44.2 Å². The van der Waals surface area contributed by atoms with E-state index in [4.69, 9.17) is 0 Å². The lowest BCUT2D eigenvalue weighted by Crippen LogP contribution is -2.48. The van der Waals surface area contributed by atoms with Crippen LogP contribution in [0.15, 0.2) is 0 Å². The summed E-state index contributed by atoms with van der Waals surface area (Å²) in [4.78, 5) is 50.2. The third kappa shape index (κ3) is 10.2. The van der Waals surface area contributed by atoms with Crippen LogP contribution in [0.1, 0.15) is 73.1 Å². The lowest BCUT2D eigenvalue weighted by atomic mass is 9.88. The topological polar surface area (TPSA) is 108 Å². The van der Waals surface area contributed by atoms with Crippen molar-refractivity contribution in [3.63, 3.8) is 0 Å². The monoisotopic (exact) mass is 438 g/mol. The van der Waals surface area contributed by atoms with Crippen LogP contribution < -0.4 is 16.0 Å². The van der Waals surface area contributed by atoms with Gasteiger partial charge in [-0.3, -0.25) is 19.2 Å². The summed E-state index contributed by atoms with van der Waals surface area (Å²) in [6.07, 6.45) is 4.90. The molecular weight excluding hydrogens is 396 g/mol. The Morgan fingerprint density at radius 2 is 1.71 bits per heavy atom. The highest BCUT2D eigenvalue weighted by Crippen LogP contribution is 2.27. The van der Waals surface area contributed by atoms with Crippen molar-refractivity contribution in [2.24, 2.45) is 17.8 Å². The number of carbonyl (C=O) groups is 4. The maximum Gasteiger partial charge on any atom is 0.239 e. The highest BCUT2D eigenvalue weighted by atomic mass is 16.2. The van der Waals surface area contributed by atoms with E-state index in [9.17, 15) is 19.2 Å². The van der Waals surface area contributed by atoms with Gasteiger partial charge in [-0.2, -0.15) is 0 Å². The van der Waals surface area contributed by atoms with Crippen molar-refractivity contribution in [1.29, 1.82) is 0 Å². The minimum Gasteiger partial charge on any atom is -0.356 e. The van der Waals surface area contributed by atoms with E-state index in [-0.39, 0.29) is 42.3 Å². The molecule has 31 heavy (non-hydrogen) atoms. The Hall–Kier alpha value is -2.12. The average Bonchev–Trinajstić information content (AvgIpc) is 3.16. The summed E-state index contributed by atoms with van der Waals surface area (Å²) in [6, 6.07) is -0.215. The summed E-state index contributed by atoms with van der Waals surface area (Å²) in [5.41, 5.74) is 0. The van der Waals surface area contributed by atoms with Gasteiger partial charge in [-0.05, 0) is 50.9 Å². The van der Waals surface area contributed by atoms with E-state index in [1.807, 2.05) is 6.92 Å². The van der Waals surface area contributed by atoms with Crippen LogP contribution in [0, 0.1) is 17.8 Å². The molecule has 3 atom stereocenters. The Balaban J connectivity index is 2.63. The summed E-state index contributed by atoms with van der Waals surface area (Å²) >= 11 is 0. The number of hydrogen-bond donors (Lipinski definition) is 3. The van der Waals surface area contributed by atoms with Gasteiger partial charge in [0.15, 0.2) is 0 Å². The molecular formula is C23H42N4O4. The van der Waals surface area contributed by atoms with Gasteiger partial charge in [0.2, 0.25) is 24.1 Å². The molecule has 0 spiro atoms. The van der Waals surface area contributed by atoms with Crippen molar-refractivity contribution in [2.45, 2.75) is 85.2 Å². The van der Waals surface area contributed by atoms with Gasteiger partial charge in [0, 0.05) is 31.6 Å². The first kappa shape index (κ1) is 26.9. The number of likely N-dealkylation sites (tertiary alicyclic amines) is 1. The molecule has 1 saturated heterocycles. The zero-order chi connectivity index (χ0) is 23.4. The van der Waals surface area contributed by atoms with Crippen molar-refractivity contribution < 1.29 is 19.2 Å². The van der Waals surface area contributed by atoms with Crippen LogP contribution in [-0.2, 0) is 19.2 Å². The number of nitrogens with one attached hydrogen (secondary N) is 3. The van der Waals surface area contributed by atoms with Gasteiger partial charge in [-0.15, -0.1) is 0 Å². The molecule has 1 fully saturated rings. The zero-order valence-electron chi connectivity index (χ0n) is 19.9. The number of nitrogens with zero attached hydrogens (tertiary/aromatic N) is 1. The van der Waals surface area contributed by atoms with E-state index >= 15 is 0 Å². The Kier molecular flexibility index (Phi) is 12.2. The Morgan fingerprint density at radius 1 is 1.03 bits per heavy atom. The first-order valence-electron chi connectivity index (χ1n) is 11.7. The first-order valence-corrected chi connectivity index (χ1v) is 11.7. The number of hydrogen-bond acceptors (Lipinski definition) is 4. The van der Waals surface area contributed by atoms with Crippen molar-refractivity contribution in [2.75, 3.05) is 19.6 Å². The molecule has 1 aliphatic heterocycles. The highest BCUT2D eigenvalue weighted by Gasteiger charge is 2.35. The molecule has 0 aromatic rings.